The molecular formula is C26H36N6O3S. The molecule has 1 saturated carbocycles. The van der Waals surface area contributed by atoms with Gasteiger partial charge in [0.25, 0.3) is 5.91 Å². The highest BCUT2D eigenvalue weighted by molar-refractivity contribution is 7.80. The molecule has 0 radical (unpaired) electrons. The predicted molar refractivity (Wildman–Crippen MR) is 140 cm³/mol. The molecule has 9 nitrogen and oxygen atoms in total. The third-order valence-corrected chi connectivity index (χ3v) is 7.26. The molecule has 2 aliphatic rings. The molecular weight excluding hydrogens is 476 g/mol. The number of imidazole rings is 1. The number of hydrogen-bond acceptors (Lipinski definition) is 8. The molecule has 5 rings (SSSR count). The van der Waals surface area contributed by atoms with Crippen molar-refractivity contribution in [3.05, 3.63) is 59.3 Å². The van der Waals surface area contributed by atoms with Crippen LogP contribution in [0.3, 0.4) is 0 Å². The fourth-order valence-corrected chi connectivity index (χ4v) is 4.21. The van der Waals surface area contributed by atoms with Crippen molar-refractivity contribution in [3.8, 4) is 5.75 Å². The van der Waals surface area contributed by atoms with Crippen LogP contribution in [0.1, 0.15) is 46.0 Å². The van der Waals surface area contributed by atoms with Gasteiger partial charge in [-0.05, 0) is 49.9 Å². The molecule has 0 unspecified atom stereocenters. The number of thiol groups is 1. The summed E-state index contributed by atoms with van der Waals surface area (Å²) in [5.74, 6) is 1.45. The molecule has 36 heavy (non-hydrogen) atoms. The number of ether oxygens (including phenoxy) is 1. The minimum absolute atomic E-state index is 0.0402. The Morgan fingerprint density at radius 2 is 1.89 bits per heavy atom. The molecule has 0 bridgehead atoms. The Labute approximate surface area is 218 Å². The summed E-state index contributed by atoms with van der Waals surface area (Å²) >= 11 is 4.34. The van der Waals surface area contributed by atoms with Gasteiger partial charge in [0.15, 0.2) is 5.69 Å². The first-order valence-corrected chi connectivity index (χ1v) is 12.8. The van der Waals surface area contributed by atoms with Crippen molar-refractivity contribution < 1.29 is 13.9 Å². The van der Waals surface area contributed by atoms with Crippen LogP contribution in [0.15, 0.2) is 40.2 Å². The van der Waals surface area contributed by atoms with Crippen molar-refractivity contribution >= 4 is 18.5 Å². The second-order valence-electron chi connectivity index (χ2n) is 9.46. The molecule has 0 spiro atoms. The summed E-state index contributed by atoms with van der Waals surface area (Å²) in [6.45, 7) is 8.62. The topological polar surface area (TPSA) is 88.7 Å². The van der Waals surface area contributed by atoms with Crippen LogP contribution in [0.5, 0.6) is 5.75 Å². The molecule has 0 atom stereocenters. The number of carbonyl (C=O) groups excluding carboxylic acids is 1. The number of hydrogen-bond donors (Lipinski definition) is 2. The highest BCUT2D eigenvalue weighted by atomic mass is 32.1. The van der Waals surface area contributed by atoms with Crippen LogP contribution < -0.4 is 10.1 Å². The van der Waals surface area contributed by atoms with Crippen molar-refractivity contribution in [2.75, 3.05) is 33.3 Å². The predicted octanol–water partition coefficient (Wildman–Crippen LogP) is 3.22. The zero-order valence-corrected chi connectivity index (χ0v) is 22.4. The van der Waals surface area contributed by atoms with Gasteiger partial charge in [-0.2, -0.15) is 0 Å². The molecule has 3 heterocycles. The van der Waals surface area contributed by atoms with Crippen LogP contribution in [0.4, 0.5) is 0 Å². The Kier molecular flexibility index (Phi) is 8.71. The zero-order valence-electron chi connectivity index (χ0n) is 21.5. The minimum atomic E-state index is -0.0402. The number of rotatable bonds is 7. The largest absolute Gasteiger partial charge is 0.497 e. The number of nitrogens with one attached hydrogen (secondary N) is 1. The van der Waals surface area contributed by atoms with Gasteiger partial charge in [0.1, 0.15) is 12.0 Å². The van der Waals surface area contributed by atoms with Crippen molar-refractivity contribution in [3.63, 3.8) is 0 Å². The lowest BCUT2D eigenvalue weighted by Crippen LogP contribution is -2.48. The van der Waals surface area contributed by atoms with E-state index in [0.29, 0.717) is 37.3 Å². The zero-order chi connectivity index (χ0) is 25.7. The van der Waals surface area contributed by atoms with Gasteiger partial charge in [-0.15, -0.1) is 12.6 Å². The SMILES string of the molecule is COc1cc(C)c(S)c(C)c1.Cn1cncc1CN1CCN(C(=O)c2coc(CNC3CC3)n2)CC1. The van der Waals surface area contributed by atoms with Crippen LogP contribution in [0.2, 0.25) is 0 Å². The molecule has 2 fully saturated rings. The number of carbonyl (C=O) groups is 1. The first-order valence-electron chi connectivity index (χ1n) is 12.3. The van der Waals surface area contributed by atoms with Crippen LogP contribution in [0.25, 0.3) is 0 Å². The molecule has 1 saturated heterocycles. The Bertz CT molecular complexity index is 1140. The van der Waals surface area contributed by atoms with E-state index in [1.54, 1.807) is 7.11 Å². The number of nitrogens with zero attached hydrogens (tertiary/aromatic N) is 5. The molecule has 2 aromatic heterocycles. The van der Waals surface area contributed by atoms with Crippen molar-refractivity contribution in [2.45, 2.75) is 50.7 Å². The third-order valence-electron chi connectivity index (χ3n) is 6.55. The van der Waals surface area contributed by atoms with E-state index in [0.717, 1.165) is 41.4 Å². The summed E-state index contributed by atoms with van der Waals surface area (Å²) in [7, 11) is 3.68. The summed E-state index contributed by atoms with van der Waals surface area (Å²) in [5, 5.41) is 3.34. The maximum atomic E-state index is 12.6. The van der Waals surface area contributed by atoms with Gasteiger partial charge in [-0.25, -0.2) is 9.97 Å². The van der Waals surface area contributed by atoms with Gasteiger partial charge in [0, 0.05) is 56.9 Å². The Balaban J connectivity index is 0.000000233. The van der Waals surface area contributed by atoms with Crippen molar-refractivity contribution in [2.24, 2.45) is 7.05 Å². The summed E-state index contributed by atoms with van der Waals surface area (Å²) in [6, 6.07) is 4.56. The van der Waals surface area contributed by atoms with Gasteiger partial charge >= 0.3 is 0 Å². The molecule has 3 aromatic rings. The van der Waals surface area contributed by atoms with E-state index >= 15 is 0 Å². The summed E-state index contributed by atoms with van der Waals surface area (Å²) < 4.78 is 12.5. The van der Waals surface area contributed by atoms with Crippen LogP contribution in [-0.4, -0.2) is 69.6 Å². The van der Waals surface area contributed by atoms with Crippen molar-refractivity contribution in [1.82, 2.24) is 29.7 Å². The molecule has 1 aliphatic heterocycles. The molecule has 194 valence electrons. The number of piperazine rings is 1. The van der Waals surface area contributed by atoms with Crippen LogP contribution >= 0.6 is 12.6 Å². The fourth-order valence-electron chi connectivity index (χ4n) is 4.08. The quantitative estimate of drug-likeness (QED) is 0.470. The van der Waals surface area contributed by atoms with E-state index in [1.165, 1.54) is 24.8 Å². The van der Waals surface area contributed by atoms with Gasteiger partial charge in [0.05, 0.1) is 25.7 Å². The van der Waals surface area contributed by atoms with Gasteiger partial charge < -0.3 is 23.9 Å². The van der Waals surface area contributed by atoms with E-state index in [-0.39, 0.29) is 5.91 Å². The van der Waals surface area contributed by atoms with Gasteiger partial charge in [-0.1, -0.05) is 0 Å². The molecule has 10 heteroatoms. The second-order valence-corrected chi connectivity index (χ2v) is 9.90. The lowest BCUT2D eigenvalue weighted by Gasteiger charge is -2.34. The number of aromatic nitrogens is 3. The maximum Gasteiger partial charge on any atom is 0.275 e. The number of oxazole rings is 1. The lowest BCUT2D eigenvalue weighted by atomic mass is 10.1. The second kappa shape index (κ2) is 11.9. The average molecular weight is 513 g/mol. The van der Waals surface area contributed by atoms with E-state index in [1.807, 2.05) is 55.0 Å². The molecule has 1 amide bonds. The van der Waals surface area contributed by atoms with E-state index < -0.39 is 0 Å². The highest BCUT2D eigenvalue weighted by Crippen LogP contribution is 2.24. The maximum absolute atomic E-state index is 12.6. The van der Waals surface area contributed by atoms with E-state index in [2.05, 4.69) is 32.8 Å². The lowest BCUT2D eigenvalue weighted by molar-refractivity contribution is 0.0620. The molecule has 1 aliphatic carbocycles. The third kappa shape index (κ3) is 6.89. The van der Waals surface area contributed by atoms with Gasteiger partial charge in [0.2, 0.25) is 5.89 Å². The number of amides is 1. The van der Waals surface area contributed by atoms with Crippen LogP contribution in [0, 0.1) is 13.8 Å². The standard InChI is InChI=1S/C17H24N6O2.C9H12OS/c1-21-12-18-8-14(21)10-22-4-6-23(7-5-22)17(24)15-11-25-16(20-15)9-19-13-2-3-13;1-6-4-8(10-3)5-7(2)9(6)11/h8,11-13,19H,2-7,9-10H2,1H3;4-5,11H,1-3H3. The average Bonchev–Trinajstić information content (AvgIpc) is 3.45. The summed E-state index contributed by atoms with van der Waals surface area (Å²) in [5.41, 5.74) is 3.91. The van der Waals surface area contributed by atoms with E-state index in [9.17, 15) is 4.79 Å². The van der Waals surface area contributed by atoms with Gasteiger partial charge in [-0.3, -0.25) is 9.69 Å². The first-order chi connectivity index (χ1) is 17.3. The van der Waals surface area contributed by atoms with Crippen molar-refractivity contribution in [1.29, 1.82) is 0 Å². The normalized spacial score (nSPS) is 16.0. The number of aryl methyl sites for hydroxylation is 3. The number of benzene rings is 1. The first kappa shape index (κ1) is 26.2. The Morgan fingerprint density at radius 3 is 2.47 bits per heavy atom. The minimum Gasteiger partial charge on any atom is -0.497 e. The smallest absolute Gasteiger partial charge is 0.275 e. The molecule has 1 aromatic carbocycles. The Morgan fingerprint density at radius 1 is 1.19 bits per heavy atom. The number of methoxy groups -OCH3 is 1. The highest BCUT2D eigenvalue weighted by Gasteiger charge is 2.25. The Hall–Kier alpha value is -2.82. The summed E-state index contributed by atoms with van der Waals surface area (Å²) in [4.78, 5) is 26.3. The van der Waals surface area contributed by atoms with E-state index in [4.69, 9.17) is 9.15 Å². The monoisotopic (exact) mass is 512 g/mol. The van der Waals surface area contributed by atoms with Crippen LogP contribution in [-0.2, 0) is 20.1 Å². The molecule has 1 N–H and O–H groups in total. The fraction of sp³-hybridized carbons (Fsp3) is 0.500. The summed E-state index contributed by atoms with van der Waals surface area (Å²) in [6.07, 6.45) is 7.62.